The predicted molar refractivity (Wildman–Crippen MR) is 91.6 cm³/mol. The zero-order valence-electron chi connectivity index (χ0n) is 11.3. The van der Waals surface area contributed by atoms with Crippen LogP contribution in [-0.2, 0) is 4.79 Å². The number of hydrogen-bond acceptors (Lipinski definition) is 3. The lowest BCUT2D eigenvalue weighted by molar-refractivity contribution is -0.118. The average molecular weight is 414 g/mol. The van der Waals surface area contributed by atoms with Gasteiger partial charge in [-0.3, -0.25) is 4.79 Å². The van der Waals surface area contributed by atoms with Crippen LogP contribution in [0.1, 0.15) is 5.56 Å². The van der Waals surface area contributed by atoms with Crippen LogP contribution in [0.2, 0.25) is 0 Å². The summed E-state index contributed by atoms with van der Waals surface area (Å²) in [6, 6.07) is 11.0. The van der Waals surface area contributed by atoms with Crippen molar-refractivity contribution < 1.29 is 9.53 Å². The van der Waals surface area contributed by atoms with Crippen LogP contribution < -0.4 is 15.8 Å². The molecule has 2 aromatic carbocycles. The van der Waals surface area contributed by atoms with Crippen molar-refractivity contribution in [2.75, 3.05) is 17.7 Å². The number of rotatable bonds is 4. The Morgan fingerprint density at radius 2 is 1.90 bits per heavy atom. The third kappa shape index (κ3) is 4.47. The molecule has 6 heteroatoms. The van der Waals surface area contributed by atoms with Crippen LogP contribution in [0.4, 0.5) is 11.4 Å². The van der Waals surface area contributed by atoms with Gasteiger partial charge in [0.1, 0.15) is 5.75 Å². The monoisotopic (exact) mass is 412 g/mol. The molecule has 1 amide bonds. The summed E-state index contributed by atoms with van der Waals surface area (Å²) in [6.45, 7) is 1.88. The van der Waals surface area contributed by atoms with E-state index in [0.717, 1.165) is 11.3 Å². The number of aryl methyl sites for hydroxylation is 1. The van der Waals surface area contributed by atoms with E-state index in [0.29, 0.717) is 20.4 Å². The maximum atomic E-state index is 11.9. The summed E-state index contributed by atoms with van der Waals surface area (Å²) in [5.41, 5.74) is 8.14. The molecule has 0 radical (unpaired) electrons. The van der Waals surface area contributed by atoms with Gasteiger partial charge >= 0.3 is 0 Å². The van der Waals surface area contributed by atoms with Crippen molar-refractivity contribution in [2.24, 2.45) is 0 Å². The molecule has 0 atom stereocenters. The lowest BCUT2D eigenvalue weighted by Gasteiger charge is -2.11. The zero-order valence-corrected chi connectivity index (χ0v) is 14.5. The Morgan fingerprint density at radius 3 is 2.52 bits per heavy atom. The van der Waals surface area contributed by atoms with E-state index in [1.165, 1.54) is 0 Å². The number of halogens is 2. The minimum absolute atomic E-state index is 0.0882. The fourth-order valence-electron chi connectivity index (χ4n) is 1.77. The molecule has 0 aliphatic rings. The smallest absolute Gasteiger partial charge is 0.262 e. The SMILES string of the molecule is Cc1cccc(NC(=O)COc2c(Br)cc(N)cc2Br)c1. The highest BCUT2D eigenvalue weighted by molar-refractivity contribution is 9.11. The number of nitrogen functional groups attached to an aromatic ring is 1. The lowest BCUT2D eigenvalue weighted by Crippen LogP contribution is -2.20. The van der Waals surface area contributed by atoms with Crippen LogP contribution in [0.15, 0.2) is 45.3 Å². The summed E-state index contributed by atoms with van der Waals surface area (Å²) < 4.78 is 6.91. The van der Waals surface area contributed by atoms with Crippen LogP contribution in [0.5, 0.6) is 5.75 Å². The molecule has 2 rings (SSSR count). The maximum absolute atomic E-state index is 11.9. The predicted octanol–water partition coefficient (Wildman–Crippen LogP) is 4.12. The normalized spacial score (nSPS) is 10.2. The van der Waals surface area contributed by atoms with Gasteiger partial charge in [-0.2, -0.15) is 0 Å². The number of anilines is 2. The van der Waals surface area contributed by atoms with Gasteiger partial charge in [0.25, 0.3) is 5.91 Å². The van der Waals surface area contributed by atoms with Gasteiger partial charge in [0.15, 0.2) is 6.61 Å². The van der Waals surface area contributed by atoms with E-state index in [1.54, 1.807) is 12.1 Å². The summed E-state index contributed by atoms with van der Waals surface area (Å²) in [5.74, 6) is 0.319. The Kier molecular flexibility index (Phi) is 5.25. The molecule has 0 fully saturated rings. The molecule has 2 aromatic rings. The number of hydrogen-bond donors (Lipinski definition) is 2. The Labute approximate surface area is 139 Å². The topological polar surface area (TPSA) is 64.3 Å². The van der Waals surface area contributed by atoms with Gasteiger partial charge in [-0.15, -0.1) is 0 Å². The number of nitrogens with two attached hydrogens (primary N) is 1. The van der Waals surface area contributed by atoms with Crippen molar-refractivity contribution in [1.82, 2.24) is 0 Å². The molecule has 21 heavy (non-hydrogen) atoms. The molecule has 0 aromatic heterocycles. The van der Waals surface area contributed by atoms with Gasteiger partial charge in [-0.05, 0) is 68.6 Å². The minimum Gasteiger partial charge on any atom is -0.481 e. The van der Waals surface area contributed by atoms with Gasteiger partial charge in [0, 0.05) is 11.4 Å². The van der Waals surface area contributed by atoms with E-state index < -0.39 is 0 Å². The van der Waals surface area contributed by atoms with Crippen molar-refractivity contribution in [3.63, 3.8) is 0 Å². The molecule has 110 valence electrons. The van der Waals surface area contributed by atoms with E-state index in [9.17, 15) is 4.79 Å². The van der Waals surface area contributed by atoms with E-state index in [2.05, 4.69) is 37.2 Å². The highest BCUT2D eigenvalue weighted by Crippen LogP contribution is 2.35. The van der Waals surface area contributed by atoms with Crippen molar-refractivity contribution in [1.29, 1.82) is 0 Å². The first-order valence-corrected chi connectivity index (χ1v) is 7.78. The van der Waals surface area contributed by atoms with Crippen LogP contribution >= 0.6 is 31.9 Å². The third-order valence-corrected chi connectivity index (χ3v) is 3.85. The Hall–Kier alpha value is -1.53. The van der Waals surface area contributed by atoms with Crippen molar-refractivity contribution in [3.8, 4) is 5.75 Å². The second kappa shape index (κ2) is 6.95. The van der Waals surface area contributed by atoms with Gasteiger partial charge in [0.05, 0.1) is 8.95 Å². The fraction of sp³-hybridized carbons (Fsp3) is 0.133. The first-order valence-electron chi connectivity index (χ1n) is 6.19. The molecule has 0 saturated heterocycles. The average Bonchev–Trinajstić information content (AvgIpc) is 2.37. The number of ether oxygens (including phenoxy) is 1. The first kappa shape index (κ1) is 15.9. The molecule has 0 unspecified atom stereocenters. The second-order valence-corrected chi connectivity index (χ2v) is 6.23. The summed E-state index contributed by atoms with van der Waals surface area (Å²) in [6.07, 6.45) is 0. The van der Waals surface area contributed by atoms with Crippen LogP contribution in [0.25, 0.3) is 0 Å². The molecule has 0 aliphatic heterocycles. The minimum atomic E-state index is -0.226. The van der Waals surface area contributed by atoms with Gasteiger partial charge in [-0.25, -0.2) is 0 Å². The molecular formula is C15H14Br2N2O2. The molecule has 0 saturated carbocycles. The molecule has 0 aliphatic carbocycles. The summed E-state index contributed by atoms with van der Waals surface area (Å²) in [7, 11) is 0. The van der Waals surface area contributed by atoms with E-state index in [1.807, 2.05) is 31.2 Å². The highest BCUT2D eigenvalue weighted by Gasteiger charge is 2.10. The Bertz CT molecular complexity index is 651. The quantitative estimate of drug-likeness (QED) is 0.741. The standard InChI is InChI=1S/C15H14Br2N2O2/c1-9-3-2-4-11(5-9)19-14(20)8-21-15-12(16)6-10(18)7-13(15)17/h2-7H,8,18H2,1H3,(H,19,20). The van der Waals surface area contributed by atoms with Crippen molar-refractivity contribution in [3.05, 3.63) is 50.9 Å². The van der Waals surface area contributed by atoms with Crippen molar-refractivity contribution >= 4 is 49.1 Å². The van der Waals surface area contributed by atoms with E-state index >= 15 is 0 Å². The zero-order chi connectivity index (χ0) is 15.4. The molecular weight excluding hydrogens is 400 g/mol. The Balaban J connectivity index is 1.99. The molecule has 0 bridgehead atoms. The van der Waals surface area contributed by atoms with E-state index in [4.69, 9.17) is 10.5 Å². The molecule has 3 N–H and O–H groups in total. The number of carbonyl (C=O) groups is 1. The molecule has 4 nitrogen and oxygen atoms in total. The Morgan fingerprint density at radius 1 is 1.24 bits per heavy atom. The first-order chi connectivity index (χ1) is 9.95. The molecule has 0 spiro atoms. The number of amides is 1. The number of benzene rings is 2. The largest absolute Gasteiger partial charge is 0.481 e. The molecule has 0 heterocycles. The van der Waals surface area contributed by atoms with Gasteiger partial charge in [-0.1, -0.05) is 12.1 Å². The highest BCUT2D eigenvalue weighted by atomic mass is 79.9. The summed E-state index contributed by atoms with van der Waals surface area (Å²) in [5, 5.41) is 2.78. The lowest BCUT2D eigenvalue weighted by atomic mass is 10.2. The van der Waals surface area contributed by atoms with Crippen LogP contribution in [-0.4, -0.2) is 12.5 Å². The van der Waals surface area contributed by atoms with Gasteiger partial charge < -0.3 is 15.8 Å². The number of carbonyl (C=O) groups excluding carboxylic acids is 1. The fourth-order valence-corrected chi connectivity index (χ4v) is 3.23. The van der Waals surface area contributed by atoms with E-state index in [-0.39, 0.29) is 12.5 Å². The second-order valence-electron chi connectivity index (χ2n) is 4.52. The van der Waals surface area contributed by atoms with Crippen LogP contribution in [0, 0.1) is 6.92 Å². The van der Waals surface area contributed by atoms with Crippen LogP contribution in [0.3, 0.4) is 0 Å². The van der Waals surface area contributed by atoms with Crippen molar-refractivity contribution in [2.45, 2.75) is 6.92 Å². The number of nitrogens with one attached hydrogen (secondary N) is 1. The summed E-state index contributed by atoms with van der Waals surface area (Å²) in [4.78, 5) is 11.9. The summed E-state index contributed by atoms with van der Waals surface area (Å²) >= 11 is 6.72. The third-order valence-electron chi connectivity index (χ3n) is 2.67. The van der Waals surface area contributed by atoms with Gasteiger partial charge in [0.2, 0.25) is 0 Å². The maximum Gasteiger partial charge on any atom is 0.262 e.